The van der Waals surface area contributed by atoms with Crippen molar-refractivity contribution in [2.45, 2.75) is 56.5 Å². The van der Waals surface area contributed by atoms with E-state index in [0.29, 0.717) is 12.0 Å². The lowest BCUT2D eigenvalue weighted by Crippen LogP contribution is -2.47. The van der Waals surface area contributed by atoms with Gasteiger partial charge in [-0.2, -0.15) is 5.26 Å². The number of amides is 1. The topological polar surface area (TPSA) is 70.1 Å². The van der Waals surface area contributed by atoms with Gasteiger partial charge in [0.05, 0.1) is 17.7 Å². The fourth-order valence-corrected chi connectivity index (χ4v) is 4.10. The number of nitrogens with two attached hydrogens (primary N) is 1. The number of likely N-dealkylation sites (tertiary alicyclic amines) is 1. The number of nitriles is 1. The van der Waals surface area contributed by atoms with Crippen LogP contribution in [0.4, 0.5) is 0 Å². The van der Waals surface area contributed by atoms with E-state index in [2.05, 4.69) is 23.1 Å². The lowest BCUT2D eigenvalue weighted by molar-refractivity contribution is -0.123. The van der Waals surface area contributed by atoms with Crippen LogP contribution in [-0.2, 0) is 4.79 Å². The second-order valence-electron chi connectivity index (χ2n) is 6.54. The minimum absolute atomic E-state index is 0.0449. The predicted octanol–water partition coefficient (Wildman–Crippen LogP) is 2.53. The summed E-state index contributed by atoms with van der Waals surface area (Å²) in [4.78, 5) is 13.9. The number of rotatable bonds is 3. The van der Waals surface area contributed by atoms with Crippen LogP contribution in [0.3, 0.4) is 0 Å². The highest BCUT2D eigenvalue weighted by Crippen LogP contribution is 2.37. The van der Waals surface area contributed by atoms with Crippen molar-refractivity contribution in [3.8, 4) is 6.07 Å². The molecule has 1 atom stereocenters. The Kier molecular flexibility index (Phi) is 4.44. The van der Waals surface area contributed by atoms with Crippen molar-refractivity contribution in [3.05, 3.63) is 35.4 Å². The minimum atomic E-state index is -0.160. The lowest BCUT2D eigenvalue weighted by Gasteiger charge is -2.37. The molecule has 1 heterocycles. The maximum atomic E-state index is 11.6. The monoisotopic (exact) mass is 297 g/mol. The van der Waals surface area contributed by atoms with Crippen molar-refractivity contribution in [1.82, 2.24) is 4.90 Å². The molecule has 3 rings (SSSR count). The number of carbonyl (C=O) groups excluding carboxylic acids is 1. The van der Waals surface area contributed by atoms with E-state index in [1.54, 1.807) is 0 Å². The molecule has 1 amide bonds. The summed E-state index contributed by atoms with van der Waals surface area (Å²) < 4.78 is 0. The Balaban J connectivity index is 1.60. The van der Waals surface area contributed by atoms with Crippen LogP contribution in [0, 0.1) is 11.3 Å². The Morgan fingerprint density at radius 2 is 1.82 bits per heavy atom. The van der Waals surface area contributed by atoms with E-state index < -0.39 is 0 Å². The van der Waals surface area contributed by atoms with Gasteiger partial charge in [-0.05, 0) is 68.7 Å². The highest BCUT2D eigenvalue weighted by molar-refractivity contribution is 5.80. The molecule has 0 radical (unpaired) electrons. The SMILES string of the molecule is N#Cc1ccc(C2CCC(N3CCCC3C(N)=O)CC2)cc1. The second kappa shape index (κ2) is 6.50. The molecule has 1 aromatic rings. The van der Waals surface area contributed by atoms with Crippen LogP contribution < -0.4 is 5.73 Å². The summed E-state index contributed by atoms with van der Waals surface area (Å²) in [7, 11) is 0. The summed E-state index contributed by atoms with van der Waals surface area (Å²) in [6.45, 7) is 1.01. The summed E-state index contributed by atoms with van der Waals surface area (Å²) in [6, 6.07) is 10.6. The Morgan fingerprint density at radius 1 is 1.14 bits per heavy atom. The number of hydrogen-bond acceptors (Lipinski definition) is 3. The molecule has 2 aliphatic rings. The molecule has 1 aliphatic heterocycles. The number of benzene rings is 1. The third-order valence-corrected chi connectivity index (χ3v) is 5.30. The van der Waals surface area contributed by atoms with Gasteiger partial charge in [0.1, 0.15) is 0 Å². The van der Waals surface area contributed by atoms with E-state index in [0.717, 1.165) is 50.6 Å². The largest absolute Gasteiger partial charge is 0.368 e. The van der Waals surface area contributed by atoms with Crippen molar-refractivity contribution in [1.29, 1.82) is 5.26 Å². The molecule has 2 N–H and O–H groups in total. The van der Waals surface area contributed by atoms with Gasteiger partial charge in [-0.15, -0.1) is 0 Å². The number of carbonyl (C=O) groups is 1. The van der Waals surface area contributed by atoms with E-state index in [9.17, 15) is 4.79 Å². The van der Waals surface area contributed by atoms with Gasteiger partial charge in [-0.3, -0.25) is 9.69 Å². The average Bonchev–Trinajstić information content (AvgIpc) is 3.05. The smallest absolute Gasteiger partial charge is 0.234 e. The number of nitrogens with zero attached hydrogens (tertiary/aromatic N) is 2. The molecule has 1 saturated carbocycles. The van der Waals surface area contributed by atoms with Crippen molar-refractivity contribution in [2.24, 2.45) is 5.73 Å². The van der Waals surface area contributed by atoms with Crippen molar-refractivity contribution in [3.63, 3.8) is 0 Å². The number of primary amides is 1. The van der Waals surface area contributed by atoms with E-state index in [1.165, 1.54) is 5.56 Å². The van der Waals surface area contributed by atoms with Gasteiger partial charge >= 0.3 is 0 Å². The summed E-state index contributed by atoms with van der Waals surface area (Å²) in [5.41, 5.74) is 7.59. The predicted molar refractivity (Wildman–Crippen MR) is 85.1 cm³/mol. The molecule has 1 saturated heterocycles. The van der Waals surface area contributed by atoms with Crippen molar-refractivity contribution >= 4 is 5.91 Å². The summed E-state index contributed by atoms with van der Waals surface area (Å²) in [6.07, 6.45) is 6.58. The molecule has 116 valence electrons. The molecular weight excluding hydrogens is 274 g/mol. The van der Waals surface area contributed by atoms with Gasteiger partial charge in [0.25, 0.3) is 0 Å². The van der Waals surface area contributed by atoms with E-state index in [4.69, 9.17) is 11.0 Å². The summed E-state index contributed by atoms with van der Waals surface area (Å²) in [5.74, 6) is 0.422. The first-order valence-electron chi connectivity index (χ1n) is 8.24. The molecule has 4 nitrogen and oxygen atoms in total. The molecule has 0 aromatic heterocycles. The molecule has 4 heteroatoms. The van der Waals surface area contributed by atoms with E-state index in [1.807, 2.05) is 12.1 Å². The fourth-order valence-electron chi connectivity index (χ4n) is 4.10. The Labute approximate surface area is 131 Å². The average molecular weight is 297 g/mol. The van der Waals surface area contributed by atoms with Crippen LogP contribution in [-0.4, -0.2) is 29.4 Å². The molecular formula is C18H23N3O. The molecule has 0 spiro atoms. The van der Waals surface area contributed by atoms with Crippen molar-refractivity contribution < 1.29 is 4.79 Å². The Bertz CT molecular complexity index is 567. The molecule has 1 aliphatic carbocycles. The van der Waals surface area contributed by atoms with Gasteiger partial charge in [-0.1, -0.05) is 12.1 Å². The molecule has 0 bridgehead atoms. The first-order chi connectivity index (χ1) is 10.7. The zero-order valence-corrected chi connectivity index (χ0v) is 12.9. The quantitative estimate of drug-likeness (QED) is 0.932. The highest BCUT2D eigenvalue weighted by Gasteiger charge is 2.36. The van der Waals surface area contributed by atoms with Gasteiger partial charge in [-0.25, -0.2) is 0 Å². The van der Waals surface area contributed by atoms with Crippen LogP contribution in [0.25, 0.3) is 0 Å². The van der Waals surface area contributed by atoms with Crippen LogP contribution in [0.5, 0.6) is 0 Å². The molecule has 2 fully saturated rings. The van der Waals surface area contributed by atoms with E-state index >= 15 is 0 Å². The second-order valence-corrected chi connectivity index (χ2v) is 6.54. The van der Waals surface area contributed by atoms with Crippen LogP contribution >= 0.6 is 0 Å². The fraction of sp³-hybridized carbons (Fsp3) is 0.556. The van der Waals surface area contributed by atoms with Gasteiger partial charge in [0, 0.05) is 6.04 Å². The maximum absolute atomic E-state index is 11.6. The molecule has 1 aromatic carbocycles. The first kappa shape index (κ1) is 15.1. The normalized spacial score (nSPS) is 29.1. The standard InChI is InChI=1S/C18H23N3O/c19-12-13-3-5-14(6-4-13)15-7-9-16(10-8-15)21-11-1-2-17(21)18(20)22/h3-6,15-17H,1-2,7-11H2,(H2,20,22). The minimum Gasteiger partial charge on any atom is -0.368 e. The Hall–Kier alpha value is -1.86. The Morgan fingerprint density at radius 3 is 2.41 bits per heavy atom. The zero-order chi connectivity index (χ0) is 15.5. The maximum Gasteiger partial charge on any atom is 0.234 e. The first-order valence-corrected chi connectivity index (χ1v) is 8.24. The zero-order valence-electron chi connectivity index (χ0n) is 12.9. The van der Waals surface area contributed by atoms with Gasteiger partial charge in [0.15, 0.2) is 0 Å². The highest BCUT2D eigenvalue weighted by atomic mass is 16.1. The van der Waals surface area contributed by atoms with Crippen LogP contribution in [0.1, 0.15) is 55.6 Å². The third-order valence-electron chi connectivity index (χ3n) is 5.30. The van der Waals surface area contributed by atoms with Crippen molar-refractivity contribution in [2.75, 3.05) is 6.54 Å². The van der Waals surface area contributed by atoms with Crippen LogP contribution in [0.2, 0.25) is 0 Å². The summed E-state index contributed by atoms with van der Waals surface area (Å²) in [5, 5.41) is 8.87. The molecule has 1 unspecified atom stereocenters. The van der Waals surface area contributed by atoms with Crippen LogP contribution in [0.15, 0.2) is 24.3 Å². The van der Waals surface area contributed by atoms with Gasteiger partial charge < -0.3 is 5.73 Å². The third kappa shape index (κ3) is 3.00. The molecule has 22 heavy (non-hydrogen) atoms. The lowest BCUT2D eigenvalue weighted by atomic mass is 9.81. The summed E-state index contributed by atoms with van der Waals surface area (Å²) >= 11 is 0. The number of hydrogen-bond donors (Lipinski definition) is 1. The van der Waals surface area contributed by atoms with Gasteiger partial charge in [0.2, 0.25) is 5.91 Å². The van der Waals surface area contributed by atoms with E-state index in [-0.39, 0.29) is 11.9 Å².